The standard InChI is InChI=1S/C17H19N3O3/c1-10-7-20(9-13(10)15(18)21)17(23)14-8-19(2)16(22)12-6-4-3-5-11(12)14/h3-6,8,10,13H,7,9H2,1-2H3,(H2,18,21)/t10-,13-/m1/s1. The van der Waals surface area contributed by atoms with Gasteiger partial charge in [0.1, 0.15) is 0 Å². The van der Waals surface area contributed by atoms with Crippen LogP contribution in [0.4, 0.5) is 0 Å². The van der Waals surface area contributed by atoms with Crippen molar-refractivity contribution < 1.29 is 9.59 Å². The molecular formula is C17H19N3O3. The van der Waals surface area contributed by atoms with Crippen molar-refractivity contribution in [3.63, 3.8) is 0 Å². The first-order valence-corrected chi connectivity index (χ1v) is 7.57. The summed E-state index contributed by atoms with van der Waals surface area (Å²) in [7, 11) is 1.63. The number of nitrogens with two attached hydrogens (primary N) is 1. The molecule has 0 spiro atoms. The van der Waals surface area contributed by atoms with E-state index >= 15 is 0 Å². The summed E-state index contributed by atoms with van der Waals surface area (Å²) in [5, 5.41) is 1.15. The van der Waals surface area contributed by atoms with Crippen LogP contribution in [0.3, 0.4) is 0 Å². The molecule has 2 amide bonds. The van der Waals surface area contributed by atoms with Crippen LogP contribution in [0.2, 0.25) is 0 Å². The third-order valence-corrected chi connectivity index (χ3v) is 4.59. The lowest BCUT2D eigenvalue weighted by molar-refractivity contribution is -0.122. The molecule has 120 valence electrons. The van der Waals surface area contributed by atoms with E-state index in [9.17, 15) is 14.4 Å². The maximum atomic E-state index is 12.9. The fraction of sp³-hybridized carbons (Fsp3) is 0.353. The molecule has 2 aromatic rings. The van der Waals surface area contributed by atoms with Crippen molar-refractivity contribution in [2.75, 3.05) is 13.1 Å². The van der Waals surface area contributed by atoms with E-state index in [4.69, 9.17) is 5.73 Å². The average molecular weight is 313 g/mol. The van der Waals surface area contributed by atoms with Gasteiger partial charge in [0, 0.05) is 37.1 Å². The van der Waals surface area contributed by atoms with Gasteiger partial charge < -0.3 is 15.2 Å². The van der Waals surface area contributed by atoms with Crippen LogP contribution in [0.1, 0.15) is 17.3 Å². The van der Waals surface area contributed by atoms with Crippen LogP contribution in [0.15, 0.2) is 35.3 Å². The number of aromatic nitrogens is 1. The van der Waals surface area contributed by atoms with Crippen LogP contribution in [0.25, 0.3) is 10.8 Å². The van der Waals surface area contributed by atoms with Crippen molar-refractivity contribution in [2.45, 2.75) is 6.92 Å². The molecule has 2 heterocycles. The number of likely N-dealkylation sites (tertiary alicyclic amines) is 1. The van der Waals surface area contributed by atoms with E-state index in [-0.39, 0.29) is 29.2 Å². The number of hydrogen-bond donors (Lipinski definition) is 1. The molecule has 0 bridgehead atoms. The topological polar surface area (TPSA) is 85.4 Å². The second-order valence-electron chi connectivity index (χ2n) is 6.20. The molecular weight excluding hydrogens is 294 g/mol. The van der Waals surface area contributed by atoms with E-state index in [2.05, 4.69) is 0 Å². The number of pyridine rings is 1. The van der Waals surface area contributed by atoms with Crippen LogP contribution in [0, 0.1) is 11.8 Å². The number of carbonyl (C=O) groups excluding carboxylic acids is 2. The Bertz CT molecular complexity index is 856. The Hall–Kier alpha value is -2.63. The molecule has 1 aromatic carbocycles. The van der Waals surface area contributed by atoms with Crippen LogP contribution < -0.4 is 11.3 Å². The fourth-order valence-corrected chi connectivity index (χ4v) is 3.26. The number of aryl methyl sites for hydroxylation is 1. The zero-order chi connectivity index (χ0) is 16.7. The van der Waals surface area contributed by atoms with Crippen LogP contribution in [-0.4, -0.2) is 34.4 Å². The first-order valence-electron chi connectivity index (χ1n) is 7.57. The van der Waals surface area contributed by atoms with Crippen molar-refractivity contribution in [2.24, 2.45) is 24.6 Å². The van der Waals surface area contributed by atoms with Gasteiger partial charge in [-0.2, -0.15) is 0 Å². The fourth-order valence-electron chi connectivity index (χ4n) is 3.26. The molecule has 0 radical (unpaired) electrons. The zero-order valence-electron chi connectivity index (χ0n) is 13.2. The summed E-state index contributed by atoms with van der Waals surface area (Å²) in [5.74, 6) is -0.835. The molecule has 3 rings (SSSR count). The van der Waals surface area contributed by atoms with Crippen LogP contribution in [-0.2, 0) is 11.8 Å². The maximum Gasteiger partial charge on any atom is 0.258 e. The Morgan fingerprint density at radius 2 is 1.83 bits per heavy atom. The van der Waals surface area contributed by atoms with Gasteiger partial charge >= 0.3 is 0 Å². The summed E-state index contributed by atoms with van der Waals surface area (Å²) in [5.41, 5.74) is 5.74. The largest absolute Gasteiger partial charge is 0.369 e. The van der Waals surface area contributed by atoms with Gasteiger partial charge in [-0.1, -0.05) is 25.1 Å². The molecule has 6 heteroatoms. The third kappa shape index (κ3) is 2.50. The molecule has 6 nitrogen and oxygen atoms in total. The number of amides is 2. The van der Waals surface area contributed by atoms with E-state index in [0.717, 1.165) is 0 Å². The van der Waals surface area contributed by atoms with E-state index in [1.165, 1.54) is 4.57 Å². The lowest BCUT2D eigenvalue weighted by Crippen LogP contribution is -2.33. The second kappa shape index (κ2) is 5.53. The van der Waals surface area contributed by atoms with Crippen molar-refractivity contribution in [1.82, 2.24) is 9.47 Å². The van der Waals surface area contributed by atoms with E-state index < -0.39 is 0 Å². The number of benzene rings is 1. The second-order valence-corrected chi connectivity index (χ2v) is 6.20. The van der Waals surface area contributed by atoms with Gasteiger partial charge in [0.2, 0.25) is 5.91 Å². The molecule has 2 N–H and O–H groups in total. The Morgan fingerprint density at radius 3 is 2.43 bits per heavy atom. The molecule has 23 heavy (non-hydrogen) atoms. The van der Waals surface area contributed by atoms with Crippen molar-refractivity contribution in [1.29, 1.82) is 0 Å². The average Bonchev–Trinajstić information content (AvgIpc) is 2.92. The summed E-state index contributed by atoms with van der Waals surface area (Å²) in [4.78, 5) is 38.2. The number of carbonyl (C=O) groups is 2. The van der Waals surface area contributed by atoms with Gasteiger partial charge in [0.15, 0.2) is 0 Å². The predicted molar refractivity (Wildman–Crippen MR) is 86.9 cm³/mol. The number of primary amides is 1. The lowest BCUT2D eigenvalue weighted by atomic mass is 9.98. The number of hydrogen-bond acceptors (Lipinski definition) is 3. The number of nitrogens with zero attached hydrogens (tertiary/aromatic N) is 2. The Balaban J connectivity index is 2.04. The third-order valence-electron chi connectivity index (χ3n) is 4.59. The Labute approximate surface area is 133 Å². The highest BCUT2D eigenvalue weighted by atomic mass is 16.2. The van der Waals surface area contributed by atoms with Gasteiger partial charge in [-0.3, -0.25) is 14.4 Å². The monoisotopic (exact) mass is 313 g/mol. The summed E-state index contributed by atoms with van der Waals surface area (Å²) < 4.78 is 1.42. The van der Waals surface area contributed by atoms with Crippen molar-refractivity contribution in [3.8, 4) is 0 Å². The van der Waals surface area contributed by atoms with E-state index in [1.807, 2.05) is 6.92 Å². The van der Waals surface area contributed by atoms with Crippen molar-refractivity contribution in [3.05, 3.63) is 46.4 Å². The van der Waals surface area contributed by atoms with Crippen molar-refractivity contribution >= 4 is 22.6 Å². The zero-order valence-corrected chi connectivity index (χ0v) is 13.2. The van der Waals surface area contributed by atoms with Gasteiger partial charge in [-0.25, -0.2) is 0 Å². The summed E-state index contributed by atoms with van der Waals surface area (Å²) >= 11 is 0. The van der Waals surface area contributed by atoms with Crippen LogP contribution >= 0.6 is 0 Å². The predicted octanol–water partition coefficient (Wildman–Crippen LogP) is 0.732. The molecule has 1 saturated heterocycles. The first-order chi connectivity index (χ1) is 10.9. The minimum absolute atomic E-state index is 0.0373. The molecule has 0 unspecified atom stereocenters. The minimum Gasteiger partial charge on any atom is -0.369 e. The van der Waals surface area contributed by atoms with Gasteiger partial charge in [-0.15, -0.1) is 0 Å². The smallest absolute Gasteiger partial charge is 0.258 e. The van der Waals surface area contributed by atoms with E-state index in [1.54, 1.807) is 42.4 Å². The minimum atomic E-state index is -0.377. The normalized spacial score (nSPS) is 20.9. The van der Waals surface area contributed by atoms with E-state index in [0.29, 0.717) is 29.4 Å². The number of rotatable bonds is 2. The highest BCUT2D eigenvalue weighted by Gasteiger charge is 2.36. The van der Waals surface area contributed by atoms with Gasteiger partial charge in [0.05, 0.1) is 11.5 Å². The van der Waals surface area contributed by atoms with Gasteiger partial charge in [-0.05, 0) is 12.0 Å². The number of fused-ring (bicyclic) bond motifs is 1. The molecule has 1 aliphatic heterocycles. The Morgan fingerprint density at radius 1 is 1.17 bits per heavy atom. The highest BCUT2D eigenvalue weighted by molar-refractivity contribution is 6.06. The molecule has 1 aromatic heterocycles. The molecule has 0 aliphatic carbocycles. The summed E-state index contributed by atoms with van der Waals surface area (Å²) in [6, 6.07) is 7.07. The first kappa shape index (κ1) is 15.3. The summed E-state index contributed by atoms with van der Waals surface area (Å²) in [6.07, 6.45) is 1.56. The summed E-state index contributed by atoms with van der Waals surface area (Å²) in [6.45, 7) is 2.73. The quantitative estimate of drug-likeness (QED) is 0.887. The highest BCUT2D eigenvalue weighted by Crippen LogP contribution is 2.26. The molecule has 1 aliphatic rings. The van der Waals surface area contributed by atoms with Gasteiger partial charge in [0.25, 0.3) is 11.5 Å². The SMILES string of the molecule is C[C@@H]1CN(C(=O)c2cn(C)c(=O)c3ccccc23)C[C@H]1C(N)=O. The molecule has 2 atom stereocenters. The lowest BCUT2D eigenvalue weighted by Gasteiger charge is -2.18. The van der Waals surface area contributed by atoms with Crippen LogP contribution in [0.5, 0.6) is 0 Å². The maximum absolute atomic E-state index is 12.9. The molecule has 1 fully saturated rings. The molecule has 0 saturated carbocycles. The Kier molecular flexibility index (Phi) is 3.67.